The predicted molar refractivity (Wildman–Crippen MR) is 122 cm³/mol. The van der Waals surface area contributed by atoms with Gasteiger partial charge in [-0.15, -0.1) is 0 Å². The van der Waals surface area contributed by atoms with Crippen LogP contribution in [0.1, 0.15) is 29.5 Å². The summed E-state index contributed by atoms with van der Waals surface area (Å²) in [4.78, 5) is 0. The van der Waals surface area contributed by atoms with Crippen LogP contribution in [0.25, 0.3) is 23.2 Å². The van der Waals surface area contributed by atoms with Crippen molar-refractivity contribution in [2.75, 3.05) is 12.7 Å². The second kappa shape index (κ2) is 8.16. The quantitative estimate of drug-likeness (QED) is 0.603. The second-order valence-electron chi connectivity index (χ2n) is 7.33. The van der Waals surface area contributed by atoms with E-state index in [-0.39, 0.29) is 0 Å². The minimum absolute atomic E-state index is 0.442. The number of nitrogens with zero attached hydrogens (tertiary/aromatic N) is 2. The van der Waals surface area contributed by atoms with E-state index < -0.39 is 0 Å². The highest BCUT2D eigenvalue weighted by Gasteiger charge is 2.17. The van der Waals surface area contributed by atoms with E-state index in [4.69, 9.17) is 5.10 Å². The highest BCUT2D eigenvalue weighted by molar-refractivity contribution is 7.47. The lowest BCUT2D eigenvalue weighted by atomic mass is 10.0. The molecule has 4 heteroatoms. The molecule has 0 bridgehead atoms. The smallest absolute Gasteiger partial charge is 0.124 e. The lowest BCUT2D eigenvalue weighted by Crippen LogP contribution is -2.29. The third-order valence-corrected chi connectivity index (χ3v) is 6.23. The van der Waals surface area contributed by atoms with Gasteiger partial charge in [0.2, 0.25) is 0 Å². The summed E-state index contributed by atoms with van der Waals surface area (Å²) in [5.74, 6) is 1.54. The van der Waals surface area contributed by atoms with E-state index in [0.717, 1.165) is 43.9 Å². The maximum atomic E-state index is 4.93. The zero-order chi connectivity index (χ0) is 19.5. The maximum absolute atomic E-state index is 4.93. The molecular weight excluding hydrogens is 361 g/mol. The van der Waals surface area contributed by atoms with E-state index in [2.05, 4.69) is 91.1 Å². The van der Waals surface area contributed by atoms with Gasteiger partial charge in [-0.25, -0.2) is 4.68 Å². The Morgan fingerprint density at radius 2 is 2.04 bits per heavy atom. The van der Waals surface area contributed by atoms with Crippen molar-refractivity contribution in [1.29, 1.82) is 0 Å². The summed E-state index contributed by atoms with van der Waals surface area (Å²) in [6.45, 7) is 9.17. The first-order chi connectivity index (χ1) is 13.6. The molecule has 0 spiro atoms. The summed E-state index contributed by atoms with van der Waals surface area (Å²) in [7, 11) is 0.755. The van der Waals surface area contributed by atoms with Crippen molar-refractivity contribution in [3.63, 3.8) is 0 Å². The van der Waals surface area contributed by atoms with E-state index >= 15 is 0 Å². The Morgan fingerprint density at radius 3 is 2.82 bits per heavy atom. The number of nitrogens with one attached hydrogen (secondary N) is 1. The molecule has 1 aliphatic rings. The fourth-order valence-electron chi connectivity index (χ4n) is 3.55. The van der Waals surface area contributed by atoms with Gasteiger partial charge in [0.15, 0.2) is 0 Å². The molecule has 0 radical (unpaired) electrons. The number of benzene rings is 2. The van der Waals surface area contributed by atoms with Crippen LogP contribution < -0.4 is 10.8 Å². The molecule has 4 rings (SSSR count). The molecule has 1 aliphatic heterocycles. The summed E-state index contributed by atoms with van der Waals surface area (Å²) in [6, 6.07) is 19.4. The first-order valence-electron chi connectivity index (χ1n) is 9.72. The zero-order valence-electron chi connectivity index (χ0n) is 16.4. The molecule has 28 heavy (non-hydrogen) atoms. The van der Waals surface area contributed by atoms with Crippen LogP contribution in [0.4, 0.5) is 0 Å². The van der Waals surface area contributed by atoms with Crippen molar-refractivity contribution in [2.24, 2.45) is 0 Å². The number of aryl methyl sites for hydroxylation is 1. The number of hydrogen-bond donors (Lipinski definition) is 1. The molecule has 2 heterocycles. The van der Waals surface area contributed by atoms with Crippen LogP contribution in [0.2, 0.25) is 0 Å². The highest BCUT2D eigenvalue weighted by atomic mass is 31.1. The van der Waals surface area contributed by atoms with Gasteiger partial charge in [0.25, 0.3) is 0 Å². The number of fused-ring (bicyclic) bond motifs is 1. The fourth-order valence-corrected chi connectivity index (χ4v) is 4.62. The molecule has 3 nitrogen and oxygen atoms in total. The van der Waals surface area contributed by atoms with Gasteiger partial charge in [-0.1, -0.05) is 64.6 Å². The van der Waals surface area contributed by atoms with Crippen LogP contribution in [0.15, 0.2) is 67.3 Å². The Bertz CT molecular complexity index is 1020. The van der Waals surface area contributed by atoms with Gasteiger partial charge < -0.3 is 5.32 Å². The van der Waals surface area contributed by atoms with Gasteiger partial charge in [0, 0.05) is 12.1 Å². The van der Waals surface area contributed by atoms with Gasteiger partial charge >= 0.3 is 0 Å². The maximum Gasteiger partial charge on any atom is 0.124 e. The third kappa shape index (κ3) is 3.95. The predicted octanol–water partition coefficient (Wildman–Crippen LogP) is 5.01. The summed E-state index contributed by atoms with van der Waals surface area (Å²) in [5, 5.41) is 8.55. The van der Waals surface area contributed by atoms with Crippen LogP contribution >= 0.6 is 8.58 Å². The van der Waals surface area contributed by atoms with Crippen LogP contribution in [0, 0.1) is 6.92 Å². The normalized spacial score (nSPS) is 15.0. The van der Waals surface area contributed by atoms with Crippen molar-refractivity contribution in [3.05, 3.63) is 83.9 Å². The lowest BCUT2D eigenvalue weighted by molar-refractivity contribution is 0.681. The minimum atomic E-state index is 0.442. The molecular formula is C24H26N3P. The summed E-state index contributed by atoms with van der Waals surface area (Å²) >= 11 is 0. The standard InChI is InChI=1S/C24H26N3P/c1-4-19-12-17(2)13-21(14-19)22-15-24-27(26-22)23(10-11-28-24)25-16-18(3)20-8-6-5-7-9-20/h4-10,12-15,18,25,28H,1,11,16H2,2-3H3. The van der Waals surface area contributed by atoms with Crippen molar-refractivity contribution >= 4 is 25.9 Å². The number of hydrogen-bond acceptors (Lipinski definition) is 2. The Hall–Kier alpha value is -2.64. The molecule has 0 amide bonds. The van der Waals surface area contributed by atoms with Crippen LogP contribution in [0.3, 0.4) is 0 Å². The average Bonchev–Trinajstić information content (AvgIpc) is 3.17. The van der Waals surface area contributed by atoms with E-state index in [1.807, 2.05) is 6.08 Å². The van der Waals surface area contributed by atoms with Crippen molar-refractivity contribution in [3.8, 4) is 11.3 Å². The van der Waals surface area contributed by atoms with Crippen LogP contribution in [-0.2, 0) is 0 Å². The molecule has 142 valence electrons. The Balaban J connectivity index is 1.55. The zero-order valence-corrected chi connectivity index (χ0v) is 17.4. The van der Waals surface area contributed by atoms with Gasteiger partial charge in [-0.3, -0.25) is 0 Å². The van der Waals surface area contributed by atoms with Gasteiger partial charge in [0.1, 0.15) is 5.82 Å². The number of rotatable bonds is 6. The minimum Gasteiger partial charge on any atom is -0.370 e. The van der Waals surface area contributed by atoms with Gasteiger partial charge in [-0.05, 0) is 60.0 Å². The fraction of sp³-hybridized carbons (Fsp3) is 0.208. The first-order valence-corrected chi connectivity index (χ1v) is 10.9. The largest absolute Gasteiger partial charge is 0.370 e. The topological polar surface area (TPSA) is 29.9 Å². The van der Waals surface area contributed by atoms with Gasteiger partial charge in [0.05, 0.1) is 11.1 Å². The molecule has 0 saturated carbocycles. The molecule has 2 atom stereocenters. The Labute approximate surface area is 169 Å². The highest BCUT2D eigenvalue weighted by Crippen LogP contribution is 2.26. The molecule has 0 fully saturated rings. The van der Waals surface area contributed by atoms with Crippen molar-refractivity contribution in [1.82, 2.24) is 15.1 Å². The van der Waals surface area contributed by atoms with Crippen LogP contribution in [-0.4, -0.2) is 22.5 Å². The summed E-state index contributed by atoms with van der Waals surface area (Å²) in [5.41, 5.74) is 7.18. The molecule has 1 N–H and O–H groups in total. The first kappa shape index (κ1) is 18.7. The molecule has 0 aliphatic carbocycles. The number of allylic oxidation sites excluding steroid dienone is 1. The molecule has 3 aromatic rings. The molecule has 2 unspecified atom stereocenters. The lowest BCUT2D eigenvalue weighted by Gasteiger charge is -2.20. The van der Waals surface area contributed by atoms with E-state index in [0.29, 0.717) is 5.92 Å². The third-order valence-electron chi connectivity index (χ3n) is 5.11. The van der Waals surface area contributed by atoms with Crippen molar-refractivity contribution in [2.45, 2.75) is 19.8 Å². The summed E-state index contributed by atoms with van der Waals surface area (Å²) in [6.07, 6.45) is 5.23. The molecule has 1 aromatic heterocycles. The Kier molecular flexibility index (Phi) is 5.45. The molecule has 0 saturated heterocycles. The monoisotopic (exact) mass is 387 g/mol. The van der Waals surface area contributed by atoms with Gasteiger partial charge in [-0.2, -0.15) is 5.10 Å². The van der Waals surface area contributed by atoms with Crippen LogP contribution in [0.5, 0.6) is 0 Å². The Morgan fingerprint density at radius 1 is 1.21 bits per heavy atom. The van der Waals surface area contributed by atoms with E-state index in [1.165, 1.54) is 16.6 Å². The van der Waals surface area contributed by atoms with E-state index in [9.17, 15) is 0 Å². The molecule has 2 aromatic carbocycles. The number of aromatic nitrogens is 2. The second-order valence-corrected chi connectivity index (χ2v) is 8.60. The summed E-state index contributed by atoms with van der Waals surface area (Å²) < 4.78 is 2.09. The average molecular weight is 387 g/mol. The SMILES string of the molecule is C=Cc1cc(C)cc(-c2cc3n(n2)C(NCC(C)c2ccccc2)=CCP3)c1. The van der Waals surface area contributed by atoms with Crippen molar-refractivity contribution < 1.29 is 0 Å². The van der Waals surface area contributed by atoms with E-state index in [1.54, 1.807) is 0 Å².